The minimum Gasteiger partial charge on any atom is -0.391 e. The summed E-state index contributed by atoms with van der Waals surface area (Å²) in [4.78, 5) is 2.44. The van der Waals surface area contributed by atoms with Gasteiger partial charge in [-0.1, -0.05) is 42.8 Å². The number of benzene rings is 2. The number of aliphatic hydroxyl groups excluding tert-OH is 1. The molecular formula is C20H26ClNO. The lowest BCUT2D eigenvalue weighted by Crippen LogP contribution is -2.38. The van der Waals surface area contributed by atoms with Crippen LogP contribution in [-0.2, 0) is 0 Å². The lowest BCUT2D eigenvalue weighted by molar-refractivity contribution is 0.0561. The third-order valence-corrected chi connectivity index (χ3v) is 5.42. The molecule has 2 nitrogen and oxygen atoms in total. The van der Waals surface area contributed by atoms with E-state index in [-0.39, 0.29) is 6.04 Å². The lowest BCUT2D eigenvalue weighted by atomic mass is 9.96. The second-order valence-corrected chi connectivity index (χ2v) is 7.11. The molecule has 0 spiro atoms. The smallest absolute Gasteiger partial charge is 0.0708 e. The van der Waals surface area contributed by atoms with Crippen LogP contribution < -0.4 is 0 Å². The van der Waals surface area contributed by atoms with E-state index in [2.05, 4.69) is 47.4 Å². The molecule has 1 saturated heterocycles. The number of aliphatic hydroxyl groups is 1. The Morgan fingerprint density at radius 2 is 1.96 bits per heavy atom. The Morgan fingerprint density at radius 3 is 2.70 bits per heavy atom. The first-order valence-corrected chi connectivity index (χ1v) is 9.19. The molecule has 0 amide bonds. The van der Waals surface area contributed by atoms with Gasteiger partial charge >= 0.3 is 0 Å². The molecule has 0 aromatic heterocycles. The van der Waals surface area contributed by atoms with E-state index in [1.165, 1.54) is 35.6 Å². The first-order chi connectivity index (χ1) is 11.2. The molecule has 0 bridgehead atoms. The van der Waals surface area contributed by atoms with Crippen molar-refractivity contribution >= 4 is 22.4 Å². The van der Waals surface area contributed by atoms with Crippen LogP contribution in [0.3, 0.4) is 0 Å². The maximum absolute atomic E-state index is 10.5. The molecule has 3 unspecified atom stereocenters. The van der Waals surface area contributed by atoms with E-state index in [0.29, 0.717) is 11.8 Å². The van der Waals surface area contributed by atoms with Gasteiger partial charge in [0.1, 0.15) is 0 Å². The van der Waals surface area contributed by atoms with Crippen molar-refractivity contribution in [3.8, 4) is 0 Å². The zero-order valence-corrected chi connectivity index (χ0v) is 14.5. The predicted molar refractivity (Wildman–Crippen MR) is 98.0 cm³/mol. The number of nitrogens with zero attached hydrogens (tertiary/aromatic N) is 1. The summed E-state index contributed by atoms with van der Waals surface area (Å²) in [5.41, 5.74) is 1.20. The van der Waals surface area contributed by atoms with Crippen LogP contribution in [0.5, 0.6) is 0 Å². The molecule has 1 aliphatic rings. The standard InChI is InChI=1S/C20H26ClNO/c1-15(23)20(22-11-5-4-6-16(13-21)14-22)19-10-9-17-7-2-3-8-18(17)12-19/h2-3,7-10,12,15-16,20,23H,4-6,11,13-14H2,1H3. The maximum atomic E-state index is 10.5. The second kappa shape index (κ2) is 7.65. The quantitative estimate of drug-likeness (QED) is 0.827. The van der Waals surface area contributed by atoms with Gasteiger partial charge in [-0.2, -0.15) is 0 Å². The normalized spacial score (nSPS) is 22.7. The highest BCUT2D eigenvalue weighted by Crippen LogP contribution is 2.31. The summed E-state index contributed by atoms with van der Waals surface area (Å²) in [7, 11) is 0. The number of halogens is 1. The minimum atomic E-state index is -0.398. The molecule has 1 fully saturated rings. The molecule has 1 heterocycles. The van der Waals surface area contributed by atoms with Crippen molar-refractivity contribution in [2.45, 2.75) is 38.3 Å². The topological polar surface area (TPSA) is 23.5 Å². The molecule has 3 rings (SSSR count). The lowest BCUT2D eigenvalue weighted by Gasteiger charge is -2.34. The van der Waals surface area contributed by atoms with Crippen LogP contribution in [-0.4, -0.2) is 35.1 Å². The largest absolute Gasteiger partial charge is 0.391 e. The SMILES string of the molecule is CC(O)C(c1ccc2ccccc2c1)N1CCCCC(CCl)C1. The first kappa shape index (κ1) is 16.8. The van der Waals surface area contributed by atoms with E-state index in [9.17, 15) is 5.11 Å². The summed E-state index contributed by atoms with van der Waals surface area (Å²) < 4.78 is 0. The number of fused-ring (bicyclic) bond motifs is 1. The zero-order chi connectivity index (χ0) is 16.2. The molecule has 0 radical (unpaired) electrons. The van der Waals surface area contributed by atoms with Crippen LogP contribution in [0.25, 0.3) is 10.8 Å². The highest BCUT2D eigenvalue weighted by Gasteiger charge is 2.28. The van der Waals surface area contributed by atoms with Gasteiger partial charge in [-0.05, 0) is 54.6 Å². The fraction of sp³-hybridized carbons (Fsp3) is 0.500. The molecule has 2 aromatic rings. The summed E-state index contributed by atoms with van der Waals surface area (Å²) in [6.45, 7) is 3.92. The Balaban J connectivity index is 1.92. The number of rotatable bonds is 4. The molecule has 23 heavy (non-hydrogen) atoms. The maximum Gasteiger partial charge on any atom is 0.0708 e. The van der Waals surface area contributed by atoms with Gasteiger partial charge in [-0.15, -0.1) is 11.6 Å². The molecule has 2 aromatic carbocycles. The summed E-state index contributed by atoms with van der Waals surface area (Å²) in [6, 6.07) is 15.0. The van der Waals surface area contributed by atoms with Crippen molar-refractivity contribution in [1.82, 2.24) is 4.90 Å². The Hall–Kier alpha value is -1.09. The van der Waals surface area contributed by atoms with Crippen LogP contribution >= 0.6 is 11.6 Å². The highest BCUT2D eigenvalue weighted by molar-refractivity contribution is 6.18. The summed E-state index contributed by atoms with van der Waals surface area (Å²) in [6.07, 6.45) is 3.22. The molecular weight excluding hydrogens is 306 g/mol. The fourth-order valence-corrected chi connectivity index (χ4v) is 4.08. The Kier molecular flexibility index (Phi) is 5.58. The van der Waals surface area contributed by atoms with E-state index in [4.69, 9.17) is 11.6 Å². The minimum absolute atomic E-state index is 0.0448. The number of hydrogen-bond donors (Lipinski definition) is 1. The first-order valence-electron chi connectivity index (χ1n) is 8.66. The van der Waals surface area contributed by atoms with E-state index in [1.807, 2.05) is 6.92 Å². The van der Waals surface area contributed by atoms with Crippen molar-refractivity contribution in [3.05, 3.63) is 48.0 Å². The van der Waals surface area contributed by atoms with Gasteiger partial charge in [0, 0.05) is 12.4 Å². The number of likely N-dealkylation sites (tertiary alicyclic amines) is 1. The predicted octanol–water partition coefficient (Wildman–Crippen LogP) is 4.60. The third-order valence-electron chi connectivity index (χ3n) is 4.98. The van der Waals surface area contributed by atoms with Crippen LogP contribution in [0.2, 0.25) is 0 Å². The van der Waals surface area contributed by atoms with Gasteiger partial charge in [0.15, 0.2) is 0 Å². The van der Waals surface area contributed by atoms with E-state index in [1.54, 1.807) is 0 Å². The van der Waals surface area contributed by atoms with Gasteiger partial charge in [-0.3, -0.25) is 4.90 Å². The van der Waals surface area contributed by atoms with Crippen LogP contribution in [0.15, 0.2) is 42.5 Å². The van der Waals surface area contributed by atoms with Gasteiger partial charge in [0.05, 0.1) is 12.1 Å². The zero-order valence-electron chi connectivity index (χ0n) is 13.8. The molecule has 3 atom stereocenters. The van der Waals surface area contributed by atoms with Crippen LogP contribution in [0, 0.1) is 5.92 Å². The number of hydrogen-bond acceptors (Lipinski definition) is 2. The highest BCUT2D eigenvalue weighted by atomic mass is 35.5. The summed E-state index contributed by atoms with van der Waals surface area (Å²) in [5.74, 6) is 1.24. The molecule has 0 saturated carbocycles. The van der Waals surface area contributed by atoms with Crippen molar-refractivity contribution in [2.75, 3.05) is 19.0 Å². The van der Waals surface area contributed by atoms with Gasteiger partial charge < -0.3 is 5.11 Å². The number of alkyl halides is 1. The van der Waals surface area contributed by atoms with Crippen LogP contribution in [0.1, 0.15) is 37.8 Å². The van der Waals surface area contributed by atoms with E-state index < -0.39 is 6.10 Å². The second-order valence-electron chi connectivity index (χ2n) is 6.80. The van der Waals surface area contributed by atoms with Gasteiger partial charge in [-0.25, -0.2) is 0 Å². The van der Waals surface area contributed by atoms with Crippen LogP contribution in [0.4, 0.5) is 0 Å². The van der Waals surface area contributed by atoms with Crippen molar-refractivity contribution < 1.29 is 5.11 Å². The third kappa shape index (κ3) is 3.88. The van der Waals surface area contributed by atoms with E-state index in [0.717, 1.165) is 13.1 Å². The molecule has 1 aliphatic heterocycles. The molecule has 0 aliphatic carbocycles. The molecule has 1 N–H and O–H groups in total. The summed E-state index contributed by atoms with van der Waals surface area (Å²) >= 11 is 6.14. The van der Waals surface area contributed by atoms with Crippen molar-refractivity contribution in [2.24, 2.45) is 5.92 Å². The average molecular weight is 332 g/mol. The Labute approximate surface area is 144 Å². The average Bonchev–Trinajstić information content (AvgIpc) is 2.80. The van der Waals surface area contributed by atoms with Gasteiger partial charge in [0.25, 0.3) is 0 Å². The van der Waals surface area contributed by atoms with E-state index >= 15 is 0 Å². The monoisotopic (exact) mass is 331 g/mol. The Morgan fingerprint density at radius 1 is 1.17 bits per heavy atom. The Bertz CT molecular complexity index is 642. The van der Waals surface area contributed by atoms with Crippen molar-refractivity contribution in [1.29, 1.82) is 0 Å². The summed E-state index contributed by atoms with van der Waals surface area (Å²) in [5, 5.41) is 12.9. The van der Waals surface area contributed by atoms with Crippen molar-refractivity contribution in [3.63, 3.8) is 0 Å². The molecule has 124 valence electrons. The molecule has 3 heteroatoms. The van der Waals surface area contributed by atoms with Gasteiger partial charge in [0.2, 0.25) is 0 Å². The fourth-order valence-electron chi connectivity index (χ4n) is 3.83.